The zero-order valence-electron chi connectivity index (χ0n) is 8.49. The fourth-order valence-electron chi connectivity index (χ4n) is 0.607. The van der Waals surface area contributed by atoms with Crippen LogP contribution in [0.5, 0.6) is 0 Å². The molecule has 90 valence electrons. The predicted molar refractivity (Wildman–Crippen MR) is 46.8 cm³/mol. The highest BCUT2D eigenvalue weighted by Gasteiger charge is 2.41. The number of hydrogen-bond donors (Lipinski definition) is 2. The van der Waals surface area contributed by atoms with Crippen LogP contribution in [0.25, 0.3) is 0 Å². The van der Waals surface area contributed by atoms with Gasteiger partial charge in [-0.2, -0.15) is 8.78 Å². The van der Waals surface area contributed by atoms with Crippen LogP contribution in [0.3, 0.4) is 0 Å². The first-order valence-electron chi connectivity index (χ1n) is 4.28. The summed E-state index contributed by atoms with van der Waals surface area (Å²) in [4.78, 5) is 11.2. The lowest BCUT2D eigenvalue weighted by Crippen LogP contribution is -2.47. The molecule has 3 nitrogen and oxygen atoms in total. The Hall–Kier alpha value is -0.850. The van der Waals surface area contributed by atoms with Gasteiger partial charge in [-0.15, -0.1) is 0 Å². The zero-order valence-corrected chi connectivity index (χ0v) is 8.49. The van der Waals surface area contributed by atoms with Gasteiger partial charge in [-0.25, -0.2) is 8.78 Å². The van der Waals surface area contributed by atoms with Crippen LogP contribution in [0, 0.1) is 5.41 Å². The second kappa shape index (κ2) is 4.78. The lowest BCUT2D eigenvalue weighted by molar-refractivity contribution is -0.141. The van der Waals surface area contributed by atoms with E-state index in [-0.39, 0.29) is 6.54 Å². The maximum Gasteiger partial charge on any atom is 0.324 e. The molecule has 0 aromatic heterocycles. The molecule has 0 heterocycles. The van der Waals surface area contributed by atoms with Gasteiger partial charge in [0.25, 0.3) is 0 Å². The molecular formula is C8H14F4N2O. The van der Waals surface area contributed by atoms with Gasteiger partial charge < -0.3 is 11.1 Å². The summed E-state index contributed by atoms with van der Waals surface area (Å²) in [5.74, 6) is -4.98. The highest BCUT2D eigenvalue weighted by atomic mass is 19.3. The van der Waals surface area contributed by atoms with Gasteiger partial charge in [0, 0.05) is 6.54 Å². The van der Waals surface area contributed by atoms with Crippen molar-refractivity contribution in [1.29, 1.82) is 0 Å². The molecule has 0 fully saturated rings. The van der Waals surface area contributed by atoms with Crippen molar-refractivity contribution >= 4 is 5.91 Å². The third-order valence-corrected chi connectivity index (χ3v) is 1.93. The maximum absolute atomic E-state index is 12.4. The van der Waals surface area contributed by atoms with E-state index in [2.05, 4.69) is 0 Å². The van der Waals surface area contributed by atoms with E-state index in [4.69, 9.17) is 5.73 Å². The Morgan fingerprint density at radius 1 is 1.40 bits per heavy atom. The van der Waals surface area contributed by atoms with E-state index < -0.39 is 30.2 Å². The van der Waals surface area contributed by atoms with E-state index in [0.29, 0.717) is 0 Å². The van der Waals surface area contributed by atoms with Crippen LogP contribution in [0.15, 0.2) is 0 Å². The fraction of sp³-hybridized carbons (Fsp3) is 0.875. The molecule has 0 unspecified atom stereocenters. The third-order valence-electron chi connectivity index (χ3n) is 1.93. The Balaban J connectivity index is 4.24. The Bertz CT molecular complexity index is 231. The number of carbonyl (C=O) groups is 1. The average molecular weight is 230 g/mol. The number of halogens is 4. The summed E-state index contributed by atoms with van der Waals surface area (Å²) in [7, 11) is 0. The molecule has 0 spiro atoms. The van der Waals surface area contributed by atoms with Crippen LogP contribution < -0.4 is 11.1 Å². The quantitative estimate of drug-likeness (QED) is 0.692. The molecule has 0 radical (unpaired) electrons. The monoisotopic (exact) mass is 230 g/mol. The van der Waals surface area contributed by atoms with Crippen LogP contribution in [0.2, 0.25) is 0 Å². The van der Waals surface area contributed by atoms with E-state index in [1.807, 2.05) is 0 Å². The van der Waals surface area contributed by atoms with Crippen molar-refractivity contribution in [2.45, 2.75) is 26.2 Å². The summed E-state index contributed by atoms with van der Waals surface area (Å²) < 4.78 is 48.2. The molecule has 0 saturated carbocycles. The lowest BCUT2D eigenvalue weighted by atomic mass is 9.93. The van der Waals surface area contributed by atoms with Crippen molar-refractivity contribution in [3.8, 4) is 0 Å². The molecule has 0 aliphatic heterocycles. The molecule has 0 rings (SSSR count). The summed E-state index contributed by atoms with van der Waals surface area (Å²) in [5, 5.41) is 1.75. The Kier molecular flexibility index (Phi) is 4.51. The number of nitrogens with two attached hydrogens (primary N) is 1. The SMILES string of the molecule is CC(C)(CN)C(=O)NCC(F)(F)C(F)F. The van der Waals surface area contributed by atoms with Crippen molar-refractivity contribution in [3.63, 3.8) is 0 Å². The number of hydrogen-bond acceptors (Lipinski definition) is 2. The Morgan fingerprint density at radius 3 is 2.20 bits per heavy atom. The van der Waals surface area contributed by atoms with Crippen LogP contribution >= 0.6 is 0 Å². The molecule has 1 amide bonds. The molecule has 0 aromatic rings. The first-order chi connectivity index (χ1) is 6.63. The third kappa shape index (κ3) is 4.03. The molecule has 0 aliphatic carbocycles. The summed E-state index contributed by atoms with van der Waals surface area (Å²) in [6.07, 6.45) is -3.79. The number of alkyl halides is 4. The van der Waals surface area contributed by atoms with Crippen molar-refractivity contribution in [2.75, 3.05) is 13.1 Å². The van der Waals surface area contributed by atoms with Gasteiger partial charge in [0.1, 0.15) is 0 Å². The average Bonchev–Trinajstić information content (AvgIpc) is 2.13. The number of nitrogens with one attached hydrogen (secondary N) is 1. The normalized spacial score (nSPS) is 13.1. The molecule has 0 atom stereocenters. The van der Waals surface area contributed by atoms with Gasteiger partial charge in [0.2, 0.25) is 5.91 Å². The van der Waals surface area contributed by atoms with E-state index in [1.54, 1.807) is 5.32 Å². The molecule has 15 heavy (non-hydrogen) atoms. The van der Waals surface area contributed by atoms with Crippen LogP contribution in [0.4, 0.5) is 17.6 Å². The summed E-state index contributed by atoms with van der Waals surface area (Å²) in [6, 6.07) is 0. The molecule has 7 heteroatoms. The van der Waals surface area contributed by atoms with Crippen LogP contribution in [-0.2, 0) is 4.79 Å². The predicted octanol–water partition coefficient (Wildman–Crippen LogP) is 0.988. The van der Waals surface area contributed by atoms with E-state index >= 15 is 0 Å². The number of amides is 1. The van der Waals surface area contributed by atoms with Gasteiger partial charge in [-0.1, -0.05) is 0 Å². The number of carbonyl (C=O) groups excluding carboxylic acids is 1. The topological polar surface area (TPSA) is 55.1 Å². The van der Waals surface area contributed by atoms with Gasteiger partial charge in [0.05, 0.1) is 12.0 Å². The minimum atomic E-state index is -4.21. The van der Waals surface area contributed by atoms with Gasteiger partial charge in [0.15, 0.2) is 0 Å². The molecular weight excluding hydrogens is 216 g/mol. The minimum Gasteiger partial charge on any atom is -0.349 e. The van der Waals surface area contributed by atoms with Gasteiger partial charge in [-0.05, 0) is 13.8 Å². The molecule has 0 bridgehead atoms. The second-order valence-electron chi connectivity index (χ2n) is 3.83. The lowest BCUT2D eigenvalue weighted by Gasteiger charge is -2.23. The highest BCUT2D eigenvalue weighted by Crippen LogP contribution is 2.22. The molecule has 0 aliphatic rings. The van der Waals surface area contributed by atoms with Crippen LogP contribution in [-0.4, -0.2) is 31.3 Å². The van der Waals surface area contributed by atoms with Gasteiger partial charge in [-0.3, -0.25) is 4.79 Å². The fourth-order valence-corrected chi connectivity index (χ4v) is 0.607. The summed E-state index contributed by atoms with van der Waals surface area (Å²) >= 11 is 0. The number of rotatable bonds is 5. The maximum atomic E-state index is 12.4. The standard InChI is InChI=1S/C8H14F4N2O/c1-7(2,3-13)6(15)14-4-8(11,12)5(9)10/h5H,3-4,13H2,1-2H3,(H,14,15). The van der Waals surface area contributed by atoms with E-state index in [9.17, 15) is 22.4 Å². The first-order valence-corrected chi connectivity index (χ1v) is 4.28. The Labute approximate surface area is 85.0 Å². The van der Waals surface area contributed by atoms with Crippen LogP contribution in [0.1, 0.15) is 13.8 Å². The molecule has 0 saturated heterocycles. The smallest absolute Gasteiger partial charge is 0.324 e. The molecule has 0 aromatic carbocycles. The highest BCUT2D eigenvalue weighted by molar-refractivity contribution is 5.82. The van der Waals surface area contributed by atoms with Crippen molar-refractivity contribution in [1.82, 2.24) is 5.32 Å². The van der Waals surface area contributed by atoms with Crippen molar-refractivity contribution in [3.05, 3.63) is 0 Å². The second-order valence-corrected chi connectivity index (χ2v) is 3.83. The summed E-state index contributed by atoms with van der Waals surface area (Å²) in [6.45, 7) is 1.43. The van der Waals surface area contributed by atoms with Crippen molar-refractivity contribution < 1.29 is 22.4 Å². The largest absolute Gasteiger partial charge is 0.349 e. The van der Waals surface area contributed by atoms with E-state index in [0.717, 1.165) is 0 Å². The van der Waals surface area contributed by atoms with Crippen molar-refractivity contribution in [2.24, 2.45) is 11.1 Å². The first kappa shape index (κ1) is 14.2. The molecule has 3 N–H and O–H groups in total. The zero-order chi connectivity index (χ0) is 12.3. The Morgan fingerprint density at radius 2 is 1.87 bits per heavy atom. The minimum absolute atomic E-state index is 0.0565. The van der Waals surface area contributed by atoms with Gasteiger partial charge >= 0.3 is 12.3 Å². The summed E-state index contributed by atoms with van der Waals surface area (Å²) in [5.41, 5.74) is 4.17. The van der Waals surface area contributed by atoms with E-state index in [1.165, 1.54) is 13.8 Å².